The fourth-order valence-electron chi connectivity index (χ4n) is 4.21. The lowest BCUT2D eigenvalue weighted by atomic mass is 10.1. The number of nitrogens with one attached hydrogen (secondary N) is 1. The van der Waals surface area contributed by atoms with Gasteiger partial charge >= 0.3 is 16.1 Å². The van der Waals surface area contributed by atoms with Crippen molar-refractivity contribution in [3.8, 4) is 11.4 Å². The van der Waals surface area contributed by atoms with Gasteiger partial charge in [-0.25, -0.2) is 14.8 Å². The molecule has 0 aliphatic carbocycles. The van der Waals surface area contributed by atoms with E-state index in [0.29, 0.717) is 24.2 Å². The number of carbonyl (C=O) groups excluding carboxylic acids is 1. The van der Waals surface area contributed by atoms with Gasteiger partial charge in [-0.15, -0.1) is 0 Å². The Morgan fingerprint density at radius 2 is 2.08 bits per heavy atom. The third-order valence-corrected chi connectivity index (χ3v) is 8.18. The number of rotatable bonds is 7. The summed E-state index contributed by atoms with van der Waals surface area (Å²) in [5.41, 5.74) is 2.50. The molecule has 0 bridgehead atoms. The van der Waals surface area contributed by atoms with Crippen molar-refractivity contribution in [3.05, 3.63) is 76.4 Å². The van der Waals surface area contributed by atoms with E-state index in [1.54, 1.807) is 18.6 Å². The van der Waals surface area contributed by atoms with Crippen LogP contribution in [0.5, 0.6) is 5.75 Å². The molecule has 12 heteroatoms. The summed E-state index contributed by atoms with van der Waals surface area (Å²) in [6.45, 7) is 2.35. The first kappa shape index (κ1) is 25.5. The predicted octanol–water partition coefficient (Wildman–Crippen LogP) is 4.60. The molecule has 0 radical (unpaired) electrons. The van der Waals surface area contributed by atoms with E-state index in [1.165, 1.54) is 12.1 Å². The van der Waals surface area contributed by atoms with Crippen molar-refractivity contribution >= 4 is 50.2 Å². The van der Waals surface area contributed by atoms with E-state index >= 15 is 0 Å². The van der Waals surface area contributed by atoms with Crippen LogP contribution in [0.25, 0.3) is 16.6 Å². The van der Waals surface area contributed by atoms with Gasteiger partial charge < -0.3 is 18.8 Å². The highest BCUT2D eigenvalue weighted by Crippen LogP contribution is 2.35. The molecule has 2 aromatic carbocycles. The van der Waals surface area contributed by atoms with Crippen molar-refractivity contribution in [1.29, 1.82) is 0 Å². The zero-order chi connectivity index (χ0) is 26.2. The van der Waals surface area contributed by atoms with E-state index in [4.69, 9.17) is 32.1 Å². The highest BCUT2D eigenvalue weighted by molar-refractivity contribution is 7.87. The van der Waals surface area contributed by atoms with E-state index in [1.807, 2.05) is 35.9 Å². The number of para-hydroxylation sites is 1. The van der Waals surface area contributed by atoms with E-state index < -0.39 is 22.1 Å². The number of aromatic nitrogens is 3. The number of nitrogens with zero attached hydrogens (tertiary/aromatic N) is 3. The SMILES string of the molecule is Cc1cc(-n2ccnc2)c2cccc(OCc3c(Cl)ccc(S(=O)(=O)OC(=O)[C@@H]4CCCN4)c3Cl)c2n1. The number of benzene rings is 2. The van der Waals surface area contributed by atoms with Gasteiger partial charge in [-0.2, -0.15) is 8.42 Å². The summed E-state index contributed by atoms with van der Waals surface area (Å²) in [5.74, 6) is -0.408. The Labute approximate surface area is 223 Å². The van der Waals surface area contributed by atoms with Crippen LogP contribution in [0.1, 0.15) is 24.1 Å². The molecule has 4 aromatic rings. The minimum atomic E-state index is -4.48. The average molecular weight is 561 g/mol. The molecule has 1 atom stereocenters. The van der Waals surface area contributed by atoms with Crippen LogP contribution in [0.2, 0.25) is 10.0 Å². The molecule has 0 amide bonds. The first-order valence-corrected chi connectivity index (χ1v) is 13.6. The standard InChI is InChI=1S/C25H22Cl2N4O5S/c1-15-12-20(31-11-10-28-14-31)16-4-2-6-21(24(16)30-15)35-13-17-18(26)7-8-22(23(17)27)37(33,34)36-25(32)19-5-3-9-29-19/h2,4,6-8,10-12,14,19,29H,3,5,9,13H2,1H3/t19-/m0/s1. The molecule has 3 heterocycles. The Hall–Kier alpha value is -3.18. The number of aryl methyl sites for hydroxylation is 1. The second kappa shape index (κ2) is 10.3. The first-order valence-electron chi connectivity index (χ1n) is 11.4. The van der Waals surface area contributed by atoms with Crippen molar-refractivity contribution < 1.29 is 22.1 Å². The number of hydrogen-bond acceptors (Lipinski definition) is 8. The fraction of sp³-hybridized carbons (Fsp3) is 0.240. The molecular weight excluding hydrogens is 539 g/mol. The Bertz CT molecular complexity index is 1590. The number of imidazole rings is 1. The third-order valence-electron chi connectivity index (χ3n) is 6.02. The van der Waals surface area contributed by atoms with Crippen molar-refractivity contribution in [2.45, 2.75) is 37.3 Å². The summed E-state index contributed by atoms with van der Waals surface area (Å²) in [4.78, 5) is 20.7. The molecule has 1 aliphatic heterocycles. The van der Waals surface area contributed by atoms with Crippen LogP contribution >= 0.6 is 23.2 Å². The largest absolute Gasteiger partial charge is 0.487 e. The van der Waals surface area contributed by atoms with Gasteiger partial charge in [-0.1, -0.05) is 35.3 Å². The topological polar surface area (TPSA) is 112 Å². The van der Waals surface area contributed by atoms with Gasteiger partial charge in [-0.05, 0) is 50.6 Å². The smallest absolute Gasteiger partial charge is 0.343 e. The molecule has 192 valence electrons. The van der Waals surface area contributed by atoms with Crippen molar-refractivity contribution in [3.63, 3.8) is 0 Å². The van der Waals surface area contributed by atoms with E-state index in [9.17, 15) is 13.2 Å². The van der Waals surface area contributed by atoms with Crippen LogP contribution in [-0.2, 0) is 25.7 Å². The molecule has 1 saturated heterocycles. The Kier molecular flexibility index (Phi) is 7.09. The Balaban J connectivity index is 1.44. The first-order chi connectivity index (χ1) is 17.7. The lowest BCUT2D eigenvalue weighted by Crippen LogP contribution is -2.33. The third kappa shape index (κ3) is 5.15. The molecule has 0 spiro atoms. The van der Waals surface area contributed by atoms with Crippen LogP contribution in [0.3, 0.4) is 0 Å². The van der Waals surface area contributed by atoms with Crippen LogP contribution < -0.4 is 10.1 Å². The normalized spacial score (nSPS) is 15.7. The maximum Gasteiger partial charge on any atom is 0.343 e. The van der Waals surface area contributed by atoms with Crippen LogP contribution in [0, 0.1) is 6.92 Å². The van der Waals surface area contributed by atoms with Gasteiger partial charge in [-0.3, -0.25) is 0 Å². The Morgan fingerprint density at radius 3 is 2.81 bits per heavy atom. The second-order valence-corrected chi connectivity index (χ2v) is 10.8. The molecule has 9 nitrogen and oxygen atoms in total. The Morgan fingerprint density at radius 1 is 1.24 bits per heavy atom. The average Bonchev–Trinajstić information content (AvgIpc) is 3.58. The van der Waals surface area contributed by atoms with Gasteiger partial charge in [0.1, 0.15) is 28.8 Å². The summed E-state index contributed by atoms with van der Waals surface area (Å²) in [7, 11) is -4.48. The number of carbonyl (C=O) groups is 1. The van der Waals surface area contributed by atoms with Gasteiger partial charge in [0.15, 0.2) is 0 Å². The number of ether oxygens (including phenoxy) is 1. The number of fused-ring (bicyclic) bond motifs is 1. The summed E-state index contributed by atoms with van der Waals surface area (Å²) in [5, 5.41) is 3.77. The molecule has 1 N–H and O–H groups in total. The quantitative estimate of drug-likeness (QED) is 0.326. The second-order valence-electron chi connectivity index (χ2n) is 8.54. The minimum Gasteiger partial charge on any atom is -0.487 e. The summed E-state index contributed by atoms with van der Waals surface area (Å²) in [6, 6.07) is 9.37. The van der Waals surface area contributed by atoms with Gasteiger partial charge in [0.2, 0.25) is 0 Å². The lowest BCUT2D eigenvalue weighted by Gasteiger charge is -2.16. The molecule has 1 aliphatic rings. The van der Waals surface area contributed by atoms with E-state index in [0.717, 1.165) is 23.2 Å². The molecule has 0 unspecified atom stereocenters. The number of pyridine rings is 1. The fourth-order valence-corrected chi connectivity index (χ4v) is 5.97. The maximum atomic E-state index is 12.9. The summed E-state index contributed by atoms with van der Waals surface area (Å²) >= 11 is 12.8. The van der Waals surface area contributed by atoms with Crippen LogP contribution in [0.4, 0.5) is 0 Å². The predicted molar refractivity (Wildman–Crippen MR) is 139 cm³/mol. The van der Waals surface area contributed by atoms with Gasteiger partial charge in [0.25, 0.3) is 0 Å². The van der Waals surface area contributed by atoms with Gasteiger partial charge in [0, 0.05) is 34.1 Å². The molecule has 1 fully saturated rings. The monoisotopic (exact) mass is 560 g/mol. The molecular formula is C25H22Cl2N4O5S. The van der Waals surface area contributed by atoms with Gasteiger partial charge in [0.05, 0.1) is 17.0 Å². The molecule has 2 aromatic heterocycles. The van der Waals surface area contributed by atoms with Crippen LogP contribution in [-0.4, -0.2) is 41.5 Å². The molecule has 37 heavy (non-hydrogen) atoms. The zero-order valence-corrected chi connectivity index (χ0v) is 22.0. The lowest BCUT2D eigenvalue weighted by molar-refractivity contribution is -0.135. The van der Waals surface area contributed by atoms with Crippen molar-refractivity contribution in [2.75, 3.05) is 6.54 Å². The number of hydrogen-bond donors (Lipinski definition) is 1. The maximum absolute atomic E-state index is 12.9. The molecule has 5 rings (SSSR count). The van der Waals surface area contributed by atoms with Crippen LogP contribution in [0.15, 0.2) is 60.0 Å². The highest BCUT2D eigenvalue weighted by atomic mass is 35.5. The summed E-state index contributed by atoms with van der Waals surface area (Å²) in [6.07, 6.45) is 6.48. The molecule has 0 saturated carbocycles. The highest BCUT2D eigenvalue weighted by Gasteiger charge is 2.31. The van der Waals surface area contributed by atoms with E-state index in [2.05, 4.69) is 15.3 Å². The van der Waals surface area contributed by atoms with Crippen molar-refractivity contribution in [1.82, 2.24) is 19.9 Å². The number of halogens is 2. The summed E-state index contributed by atoms with van der Waals surface area (Å²) < 4.78 is 38.5. The zero-order valence-electron chi connectivity index (χ0n) is 19.6. The minimum absolute atomic E-state index is 0.145. The van der Waals surface area contributed by atoms with E-state index in [-0.39, 0.29) is 27.1 Å². The van der Waals surface area contributed by atoms with Crippen molar-refractivity contribution in [2.24, 2.45) is 0 Å².